The fraction of sp³-hybridized carbons (Fsp3) is 0.300. The van der Waals surface area contributed by atoms with Crippen LogP contribution in [0.15, 0.2) is 70.3 Å². The van der Waals surface area contributed by atoms with Gasteiger partial charge in [-0.3, -0.25) is 9.59 Å². The largest absolute Gasteiger partial charge is 4.00 e. The molecule has 0 N–H and O–H groups in total. The molecule has 0 aliphatic rings. The second-order valence-corrected chi connectivity index (χ2v) is 5.38. The van der Waals surface area contributed by atoms with Gasteiger partial charge in [0.2, 0.25) is 0 Å². The van der Waals surface area contributed by atoms with E-state index < -0.39 is 34.6 Å². The number of hydrogen-bond donors (Lipinski definition) is 0. The van der Waals surface area contributed by atoms with E-state index in [1.165, 1.54) is 24.3 Å². The molecule has 7 heteroatoms. The summed E-state index contributed by atoms with van der Waals surface area (Å²) in [4.78, 5) is 21.0. The van der Waals surface area contributed by atoms with Gasteiger partial charge in [0.25, 0.3) is 0 Å². The van der Waals surface area contributed by atoms with Crippen LogP contribution < -0.4 is 31.3 Å². The molecular formula is C20H24O6Ti. The first-order valence-corrected chi connectivity index (χ1v) is 7.92. The Hall–Kier alpha value is -1.99. The van der Waals surface area contributed by atoms with E-state index in [1.807, 2.05) is 0 Å². The van der Waals surface area contributed by atoms with Crippen LogP contribution in [0.2, 0.25) is 0 Å². The molecule has 0 fully saturated rings. The van der Waals surface area contributed by atoms with E-state index in [4.69, 9.17) is 0 Å². The average Bonchev–Trinajstić information content (AvgIpc) is 2.81. The Morgan fingerprint density at radius 3 is 1.07 bits per heavy atom. The number of rotatable bonds is 0. The Bertz CT molecular complexity index is 652. The number of hydrogen-bond acceptors (Lipinski definition) is 6. The van der Waals surface area contributed by atoms with E-state index in [9.17, 15) is 30.0 Å². The summed E-state index contributed by atoms with van der Waals surface area (Å²) in [6, 6.07) is 14.5. The molecule has 0 saturated carbocycles. The Morgan fingerprint density at radius 1 is 0.593 bits per heavy atom. The SMILES string of the molecule is CC(C)[O-].CC(C)[O-].O=c1cccccc1[O-].O=c1cccccc1[O-].[Ti+4]. The molecule has 144 valence electrons. The first-order valence-electron chi connectivity index (χ1n) is 7.92. The summed E-state index contributed by atoms with van der Waals surface area (Å²) in [6.07, 6.45) is -0.833. The topological polar surface area (TPSA) is 126 Å². The molecule has 0 aromatic heterocycles. The van der Waals surface area contributed by atoms with Gasteiger partial charge in [0.15, 0.2) is 10.9 Å². The molecule has 0 atom stereocenters. The van der Waals surface area contributed by atoms with Gasteiger partial charge in [-0.25, -0.2) is 0 Å². The van der Waals surface area contributed by atoms with Crippen LogP contribution in [0.5, 0.6) is 11.5 Å². The van der Waals surface area contributed by atoms with E-state index in [1.54, 1.807) is 64.1 Å². The summed E-state index contributed by atoms with van der Waals surface area (Å²) in [7, 11) is 0. The minimum Gasteiger partial charge on any atom is -0.870 e. The van der Waals surface area contributed by atoms with Crippen LogP contribution in [0.25, 0.3) is 0 Å². The predicted octanol–water partition coefficient (Wildman–Crippen LogP) is -0.251. The van der Waals surface area contributed by atoms with E-state index in [0.717, 1.165) is 0 Å². The molecule has 0 spiro atoms. The van der Waals surface area contributed by atoms with Crippen LogP contribution in [0.4, 0.5) is 0 Å². The van der Waals surface area contributed by atoms with Gasteiger partial charge in [-0.15, -0.1) is 12.2 Å². The summed E-state index contributed by atoms with van der Waals surface area (Å²) in [5.41, 5.74) is -0.917. The van der Waals surface area contributed by atoms with Crippen molar-refractivity contribution in [2.75, 3.05) is 0 Å². The van der Waals surface area contributed by atoms with E-state index in [2.05, 4.69) is 0 Å². The summed E-state index contributed by atoms with van der Waals surface area (Å²) < 4.78 is 0. The molecule has 0 saturated heterocycles. The van der Waals surface area contributed by atoms with Gasteiger partial charge in [0.1, 0.15) is 0 Å². The van der Waals surface area contributed by atoms with Gasteiger partial charge in [-0.05, 0) is 12.1 Å². The summed E-state index contributed by atoms with van der Waals surface area (Å²) >= 11 is 0. The fourth-order valence-corrected chi connectivity index (χ4v) is 1.03. The average molecular weight is 408 g/mol. The minimum absolute atomic E-state index is 0. The Morgan fingerprint density at radius 2 is 0.815 bits per heavy atom. The van der Waals surface area contributed by atoms with Crippen molar-refractivity contribution < 1.29 is 42.1 Å². The van der Waals surface area contributed by atoms with Crippen molar-refractivity contribution in [2.45, 2.75) is 39.9 Å². The molecule has 2 aromatic rings. The van der Waals surface area contributed by atoms with Crippen molar-refractivity contribution in [3.63, 3.8) is 0 Å². The summed E-state index contributed by atoms with van der Waals surface area (Å²) in [5.74, 6) is -0.917. The van der Waals surface area contributed by atoms with Crippen molar-refractivity contribution in [3.8, 4) is 11.5 Å². The standard InChI is InChI=1S/2C7H6O2.2C3H7O.Ti/c2*8-6-4-2-1-3-5-7(6)9;2*1-3(2)4;/h2*1-5H,(H,8,9);2*3H,1-2H3;/q;;2*-1;+4/p-2. The van der Waals surface area contributed by atoms with Crippen molar-refractivity contribution in [2.24, 2.45) is 0 Å². The molecule has 0 heterocycles. The molecule has 27 heavy (non-hydrogen) atoms. The second kappa shape index (κ2) is 18.8. The molecule has 0 radical (unpaired) electrons. The molecule has 2 rings (SSSR count). The molecule has 0 bridgehead atoms. The molecule has 0 amide bonds. The van der Waals surface area contributed by atoms with Crippen molar-refractivity contribution in [1.29, 1.82) is 0 Å². The maximum atomic E-state index is 10.5. The van der Waals surface area contributed by atoms with Crippen LogP contribution in [0.1, 0.15) is 27.7 Å². The Kier molecular flexibility index (Phi) is 20.7. The van der Waals surface area contributed by atoms with Crippen molar-refractivity contribution in [1.82, 2.24) is 0 Å². The fourth-order valence-electron chi connectivity index (χ4n) is 1.03. The first kappa shape index (κ1) is 29.8. The third-order valence-corrected chi connectivity index (χ3v) is 1.92. The van der Waals surface area contributed by atoms with Crippen molar-refractivity contribution in [3.05, 3.63) is 81.1 Å². The zero-order valence-corrected chi connectivity index (χ0v) is 17.4. The molecule has 0 aliphatic carbocycles. The van der Waals surface area contributed by atoms with E-state index >= 15 is 0 Å². The normalized spacial score (nSPS) is 8.59. The summed E-state index contributed by atoms with van der Waals surface area (Å²) in [6.45, 7) is 6.44. The Labute approximate surface area is 174 Å². The predicted molar refractivity (Wildman–Crippen MR) is 94.6 cm³/mol. The van der Waals surface area contributed by atoms with Gasteiger partial charge in [0.05, 0.1) is 0 Å². The molecule has 0 aliphatic heterocycles. The zero-order valence-electron chi connectivity index (χ0n) is 15.9. The third kappa shape index (κ3) is 24.0. The van der Waals surface area contributed by atoms with Crippen LogP contribution in [-0.2, 0) is 21.7 Å². The van der Waals surface area contributed by atoms with Crippen LogP contribution >= 0.6 is 0 Å². The van der Waals surface area contributed by atoms with Crippen molar-refractivity contribution >= 4 is 0 Å². The molecule has 2 aromatic carbocycles. The Balaban J connectivity index is -0.000000303. The van der Waals surface area contributed by atoms with E-state index in [0.29, 0.717) is 0 Å². The molecule has 6 nitrogen and oxygen atoms in total. The minimum atomic E-state index is -0.458. The van der Waals surface area contributed by atoms with Gasteiger partial charge in [0, 0.05) is 0 Å². The van der Waals surface area contributed by atoms with Gasteiger partial charge >= 0.3 is 21.7 Å². The monoisotopic (exact) mass is 408 g/mol. The quantitative estimate of drug-likeness (QED) is 0.553. The van der Waals surface area contributed by atoms with Crippen LogP contribution in [0.3, 0.4) is 0 Å². The molecular weight excluding hydrogens is 384 g/mol. The van der Waals surface area contributed by atoms with E-state index in [-0.39, 0.29) is 21.7 Å². The smallest absolute Gasteiger partial charge is 0.870 e. The maximum Gasteiger partial charge on any atom is 4.00 e. The van der Waals surface area contributed by atoms with Crippen LogP contribution in [0, 0.1) is 0 Å². The van der Waals surface area contributed by atoms with Gasteiger partial charge < -0.3 is 20.4 Å². The molecule has 0 unspecified atom stereocenters. The maximum absolute atomic E-state index is 10.5. The summed E-state index contributed by atoms with van der Waals surface area (Å²) in [5, 5.41) is 40.1. The first-order chi connectivity index (χ1) is 12.1. The van der Waals surface area contributed by atoms with Gasteiger partial charge in [-0.2, -0.15) is 0 Å². The zero-order chi connectivity index (χ0) is 20.5. The third-order valence-electron chi connectivity index (χ3n) is 1.92. The van der Waals surface area contributed by atoms with Gasteiger partial charge in [-0.1, -0.05) is 87.7 Å². The van der Waals surface area contributed by atoms with Crippen LogP contribution in [-0.4, -0.2) is 12.2 Å². The second-order valence-electron chi connectivity index (χ2n) is 5.38.